The van der Waals surface area contributed by atoms with Crippen LogP contribution in [0, 0.1) is 0 Å². The van der Waals surface area contributed by atoms with Gasteiger partial charge < -0.3 is 20.5 Å². The number of carboxylic acids is 1. The fourth-order valence-corrected chi connectivity index (χ4v) is 4.97. The van der Waals surface area contributed by atoms with Crippen molar-refractivity contribution in [3.8, 4) is 11.1 Å². The van der Waals surface area contributed by atoms with Crippen LogP contribution in [0.4, 0.5) is 10.5 Å². The third-order valence-electron chi connectivity index (χ3n) is 6.93. The number of carbonyl (C=O) groups is 3. The molecule has 0 bridgehead atoms. The van der Waals surface area contributed by atoms with Gasteiger partial charge in [0.15, 0.2) is 0 Å². The summed E-state index contributed by atoms with van der Waals surface area (Å²) in [6.45, 7) is 0.166. The molecule has 7 heteroatoms. The van der Waals surface area contributed by atoms with Gasteiger partial charge in [-0.2, -0.15) is 0 Å². The largest absolute Gasteiger partial charge is 0.481 e. The first-order valence-corrected chi connectivity index (χ1v) is 11.7. The highest BCUT2D eigenvalue weighted by molar-refractivity contribution is 6.01. The van der Waals surface area contributed by atoms with Gasteiger partial charge in [0, 0.05) is 11.6 Å². The van der Waals surface area contributed by atoms with Crippen LogP contribution in [-0.2, 0) is 20.7 Å². The number of anilines is 1. The molecule has 0 aliphatic heterocycles. The number of carbonyl (C=O) groups excluding carboxylic acids is 2. The lowest BCUT2D eigenvalue weighted by Gasteiger charge is -2.40. The first-order chi connectivity index (χ1) is 17.0. The van der Waals surface area contributed by atoms with E-state index in [1.165, 1.54) is 0 Å². The average Bonchev–Trinajstić information content (AvgIpc) is 3.15. The number of hydrogen-bond acceptors (Lipinski definition) is 4. The molecule has 35 heavy (non-hydrogen) atoms. The van der Waals surface area contributed by atoms with Gasteiger partial charge >= 0.3 is 12.1 Å². The van der Waals surface area contributed by atoms with Crippen LogP contribution >= 0.6 is 0 Å². The van der Waals surface area contributed by atoms with Gasteiger partial charge in [0.25, 0.3) is 0 Å². The van der Waals surface area contributed by atoms with Crippen molar-refractivity contribution in [3.63, 3.8) is 0 Å². The molecule has 3 N–H and O–H groups in total. The molecular weight excluding hydrogens is 444 g/mol. The lowest BCUT2D eigenvalue weighted by molar-refractivity contribution is -0.136. The van der Waals surface area contributed by atoms with Crippen LogP contribution in [0.5, 0.6) is 0 Å². The van der Waals surface area contributed by atoms with E-state index in [1.807, 2.05) is 24.3 Å². The minimum atomic E-state index is -1.07. The summed E-state index contributed by atoms with van der Waals surface area (Å²) in [5.74, 6) is -1.42. The quantitative estimate of drug-likeness (QED) is 0.464. The number of rotatable bonds is 7. The van der Waals surface area contributed by atoms with Crippen molar-refractivity contribution in [1.29, 1.82) is 0 Å². The number of hydrogen-bond donors (Lipinski definition) is 3. The number of ether oxygens (including phenoxy) is 1. The highest BCUT2D eigenvalue weighted by atomic mass is 16.5. The van der Waals surface area contributed by atoms with Gasteiger partial charge in [-0.25, -0.2) is 4.79 Å². The topological polar surface area (TPSA) is 105 Å². The van der Waals surface area contributed by atoms with E-state index in [0.29, 0.717) is 24.1 Å². The monoisotopic (exact) mass is 470 g/mol. The molecule has 3 aromatic rings. The molecule has 0 spiro atoms. The number of aliphatic carboxylic acids is 1. The van der Waals surface area contributed by atoms with E-state index >= 15 is 0 Å². The van der Waals surface area contributed by atoms with Crippen molar-refractivity contribution in [3.05, 3.63) is 89.5 Å². The van der Waals surface area contributed by atoms with Gasteiger partial charge in [0.1, 0.15) is 12.1 Å². The van der Waals surface area contributed by atoms with Crippen LogP contribution in [0.15, 0.2) is 72.8 Å². The molecule has 7 nitrogen and oxygen atoms in total. The number of fused-ring (bicyclic) bond motifs is 3. The van der Waals surface area contributed by atoms with E-state index in [-0.39, 0.29) is 24.9 Å². The van der Waals surface area contributed by atoms with Gasteiger partial charge in [-0.3, -0.25) is 9.59 Å². The Hall–Kier alpha value is -4.13. The van der Waals surface area contributed by atoms with Crippen LogP contribution in [-0.4, -0.2) is 35.2 Å². The fraction of sp³-hybridized carbons (Fsp3) is 0.250. The molecule has 0 atom stereocenters. The second kappa shape index (κ2) is 9.25. The van der Waals surface area contributed by atoms with Crippen molar-refractivity contribution in [1.82, 2.24) is 5.32 Å². The average molecular weight is 471 g/mol. The standard InChI is InChI=1S/C28H26N2O5/c31-25(32)16-18-8-1-6-13-24(18)29-26(33)28(14-7-15-28)30-27(34)35-17-23-21-11-4-2-9-19(21)20-10-3-5-12-22(20)23/h1-6,8-13,23H,7,14-17H2,(H,29,33)(H,30,34)(H,31,32). The summed E-state index contributed by atoms with van der Waals surface area (Å²) in [7, 11) is 0. The van der Waals surface area contributed by atoms with Gasteiger partial charge in [0.2, 0.25) is 5.91 Å². The molecule has 1 saturated carbocycles. The van der Waals surface area contributed by atoms with Gasteiger partial charge in [0.05, 0.1) is 6.42 Å². The molecule has 1 fully saturated rings. The summed E-state index contributed by atoms with van der Waals surface area (Å²) < 4.78 is 5.64. The SMILES string of the molecule is O=C(O)Cc1ccccc1NC(=O)C1(NC(=O)OCC2c3ccccc3-c3ccccc32)CCC1. The van der Waals surface area contributed by atoms with Gasteiger partial charge in [-0.15, -0.1) is 0 Å². The maximum absolute atomic E-state index is 13.1. The van der Waals surface area contributed by atoms with Crippen LogP contribution in [0.2, 0.25) is 0 Å². The first kappa shape index (κ1) is 22.7. The number of carboxylic acid groups (broad SMARTS) is 1. The number of benzene rings is 3. The van der Waals surface area contributed by atoms with Crippen LogP contribution in [0.25, 0.3) is 11.1 Å². The van der Waals surface area contributed by atoms with E-state index in [4.69, 9.17) is 9.84 Å². The summed E-state index contributed by atoms with van der Waals surface area (Å²) in [5, 5.41) is 14.8. The summed E-state index contributed by atoms with van der Waals surface area (Å²) in [6, 6.07) is 23.0. The van der Waals surface area contributed by atoms with Crippen molar-refractivity contribution >= 4 is 23.7 Å². The molecule has 0 aromatic heterocycles. The zero-order valence-corrected chi connectivity index (χ0v) is 19.1. The maximum atomic E-state index is 13.1. The molecule has 2 aliphatic carbocycles. The predicted octanol–water partition coefficient (Wildman–Crippen LogP) is 4.71. The Labute approximate surface area is 203 Å². The van der Waals surface area contributed by atoms with Gasteiger partial charge in [-0.1, -0.05) is 66.7 Å². The fourth-order valence-electron chi connectivity index (χ4n) is 4.97. The minimum absolute atomic E-state index is 0.0674. The van der Waals surface area contributed by atoms with E-state index in [9.17, 15) is 14.4 Å². The highest BCUT2D eigenvalue weighted by Crippen LogP contribution is 2.44. The van der Waals surface area contributed by atoms with Crippen LogP contribution in [0.3, 0.4) is 0 Å². The Kier molecular flexibility index (Phi) is 5.99. The number of nitrogens with one attached hydrogen (secondary N) is 2. The Morgan fingerprint density at radius 2 is 1.49 bits per heavy atom. The Balaban J connectivity index is 1.26. The van der Waals surface area contributed by atoms with Crippen molar-refractivity contribution in [2.45, 2.75) is 37.1 Å². The zero-order valence-electron chi connectivity index (χ0n) is 19.1. The lowest BCUT2D eigenvalue weighted by Crippen LogP contribution is -2.61. The Morgan fingerprint density at radius 1 is 0.886 bits per heavy atom. The summed E-state index contributed by atoms with van der Waals surface area (Å²) >= 11 is 0. The number of amides is 2. The number of para-hydroxylation sites is 1. The lowest BCUT2D eigenvalue weighted by atomic mass is 9.76. The predicted molar refractivity (Wildman–Crippen MR) is 131 cm³/mol. The van der Waals surface area contributed by atoms with E-state index in [0.717, 1.165) is 28.7 Å². The van der Waals surface area contributed by atoms with Crippen molar-refractivity contribution in [2.24, 2.45) is 0 Å². The van der Waals surface area contributed by atoms with Crippen LogP contribution in [0.1, 0.15) is 41.9 Å². The molecule has 0 heterocycles. The normalized spacial score (nSPS) is 15.3. The molecule has 0 saturated heterocycles. The molecule has 2 amide bonds. The maximum Gasteiger partial charge on any atom is 0.408 e. The summed E-state index contributed by atoms with van der Waals surface area (Å²) in [5.41, 5.74) is 4.39. The smallest absolute Gasteiger partial charge is 0.408 e. The third kappa shape index (κ3) is 4.37. The van der Waals surface area contributed by atoms with Crippen molar-refractivity contribution < 1.29 is 24.2 Å². The minimum Gasteiger partial charge on any atom is -0.481 e. The van der Waals surface area contributed by atoms with E-state index < -0.39 is 17.6 Å². The molecule has 0 radical (unpaired) electrons. The molecule has 3 aromatic carbocycles. The molecule has 0 unspecified atom stereocenters. The second-order valence-electron chi connectivity index (χ2n) is 9.07. The molecular formula is C28H26N2O5. The highest BCUT2D eigenvalue weighted by Gasteiger charge is 2.46. The Morgan fingerprint density at radius 3 is 2.09 bits per heavy atom. The van der Waals surface area contributed by atoms with E-state index in [1.54, 1.807) is 24.3 Å². The van der Waals surface area contributed by atoms with Gasteiger partial charge in [-0.05, 0) is 53.1 Å². The second-order valence-corrected chi connectivity index (χ2v) is 9.07. The molecule has 5 rings (SSSR count). The first-order valence-electron chi connectivity index (χ1n) is 11.7. The summed E-state index contributed by atoms with van der Waals surface area (Å²) in [4.78, 5) is 37.1. The third-order valence-corrected chi connectivity index (χ3v) is 6.93. The molecule has 2 aliphatic rings. The summed E-state index contributed by atoms with van der Waals surface area (Å²) in [6.07, 6.45) is 0.936. The zero-order chi connectivity index (χ0) is 24.4. The molecule has 178 valence electrons. The van der Waals surface area contributed by atoms with Crippen LogP contribution < -0.4 is 10.6 Å². The van der Waals surface area contributed by atoms with Crippen molar-refractivity contribution in [2.75, 3.05) is 11.9 Å². The van der Waals surface area contributed by atoms with E-state index in [2.05, 4.69) is 34.9 Å². The number of alkyl carbamates (subject to hydrolysis) is 1. The Bertz CT molecular complexity index is 1250.